The zero-order valence-corrected chi connectivity index (χ0v) is 21.3. The smallest absolute Gasteiger partial charge is 0.194 e. The first-order valence-electron chi connectivity index (χ1n) is 11.8. The minimum absolute atomic E-state index is 0. The van der Waals surface area contributed by atoms with E-state index in [0.29, 0.717) is 18.4 Å². The number of rotatable bonds is 5. The second kappa shape index (κ2) is 11.8. The van der Waals surface area contributed by atoms with Crippen LogP contribution < -0.4 is 5.32 Å². The van der Waals surface area contributed by atoms with Crippen molar-refractivity contribution < 1.29 is 0 Å². The largest absolute Gasteiger partial charge is 0.357 e. The van der Waals surface area contributed by atoms with Gasteiger partial charge in [-0.2, -0.15) is 0 Å². The molecular formula is C24H37IN6. The highest BCUT2D eigenvalue weighted by molar-refractivity contribution is 14.0. The Hall–Kier alpha value is -1.64. The summed E-state index contributed by atoms with van der Waals surface area (Å²) in [6.07, 6.45) is 7.12. The Morgan fingerprint density at radius 2 is 1.94 bits per heavy atom. The number of aryl methyl sites for hydroxylation is 1. The highest BCUT2D eigenvalue weighted by Gasteiger charge is 2.30. The number of nitrogens with one attached hydrogen (secondary N) is 1. The van der Waals surface area contributed by atoms with Gasteiger partial charge >= 0.3 is 0 Å². The molecule has 2 aliphatic heterocycles. The number of hydrogen-bond acceptors (Lipinski definition) is 3. The summed E-state index contributed by atoms with van der Waals surface area (Å²) in [5.41, 5.74) is 1.48. The van der Waals surface area contributed by atoms with E-state index in [4.69, 9.17) is 4.99 Å². The van der Waals surface area contributed by atoms with Crippen molar-refractivity contribution in [2.45, 2.75) is 71.4 Å². The van der Waals surface area contributed by atoms with Gasteiger partial charge in [-0.1, -0.05) is 50.1 Å². The third-order valence-corrected chi connectivity index (χ3v) is 6.68. The molecule has 6 nitrogen and oxygen atoms in total. The van der Waals surface area contributed by atoms with Gasteiger partial charge in [-0.3, -0.25) is 0 Å². The summed E-state index contributed by atoms with van der Waals surface area (Å²) in [6, 6.07) is 11.0. The van der Waals surface area contributed by atoms with E-state index in [1.54, 1.807) is 0 Å². The summed E-state index contributed by atoms with van der Waals surface area (Å²) in [7, 11) is 0. The normalized spacial score (nSPS) is 21.7. The molecular weight excluding hydrogens is 499 g/mol. The lowest BCUT2D eigenvalue weighted by Crippen LogP contribution is -2.48. The van der Waals surface area contributed by atoms with Gasteiger partial charge in [0.1, 0.15) is 12.4 Å². The molecule has 1 N–H and O–H groups in total. The van der Waals surface area contributed by atoms with Gasteiger partial charge in [-0.05, 0) is 43.6 Å². The number of fused-ring (bicyclic) bond motifs is 1. The summed E-state index contributed by atoms with van der Waals surface area (Å²) in [4.78, 5) is 7.45. The Morgan fingerprint density at radius 3 is 2.71 bits per heavy atom. The van der Waals surface area contributed by atoms with E-state index in [1.807, 2.05) is 0 Å². The number of piperidine rings is 1. The third kappa shape index (κ3) is 5.79. The predicted molar refractivity (Wildman–Crippen MR) is 137 cm³/mol. The maximum atomic E-state index is 4.99. The molecule has 0 bridgehead atoms. The van der Waals surface area contributed by atoms with Crippen LogP contribution >= 0.6 is 24.0 Å². The Balaban J connectivity index is 0.00000272. The Morgan fingerprint density at radius 1 is 1.10 bits per heavy atom. The van der Waals surface area contributed by atoms with Crippen LogP contribution in [0.3, 0.4) is 0 Å². The van der Waals surface area contributed by atoms with Crippen molar-refractivity contribution in [2.75, 3.05) is 19.6 Å². The molecule has 1 saturated heterocycles. The van der Waals surface area contributed by atoms with Crippen molar-refractivity contribution in [1.29, 1.82) is 0 Å². The first-order chi connectivity index (χ1) is 14.8. The lowest BCUT2D eigenvalue weighted by atomic mass is 9.79. The van der Waals surface area contributed by atoms with Crippen molar-refractivity contribution in [3.63, 3.8) is 0 Å². The number of guanidine groups is 1. The van der Waals surface area contributed by atoms with E-state index in [-0.39, 0.29) is 24.0 Å². The number of likely N-dealkylation sites (tertiary alicyclic amines) is 1. The fourth-order valence-electron chi connectivity index (χ4n) is 5.01. The molecule has 4 rings (SSSR count). The molecule has 2 aromatic rings. The molecule has 0 radical (unpaired) electrons. The van der Waals surface area contributed by atoms with Crippen molar-refractivity contribution in [3.05, 3.63) is 47.5 Å². The minimum atomic E-state index is 0. The topological polar surface area (TPSA) is 58.3 Å². The molecule has 170 valence electrons. The first-order valence-corrected chi connectivity index (χ1v) is 11.8. The first kappa shape index (κ1) is 24.0. The fourth-order valence-corrected chi connectivity index (χ4v) is 5.01. The molecule has 2 unspecified atom stereocenters. The summed E-state index contributed by atoms with van der Waals surface area (Å²) >= 11 is 0. The summed E-state index contributed by atoms with van der Waals surface area (Å²) in [5, 5.41) is 12.4. The highest BCUT2D eigenvalue weighted by Crippen LogP contribution is 2.34. The second-order valence-electron chi connectivity index (χ2n) is 8.59. The van der Waals surface area contributed by atoms with E-state index < -0.39 is 0 Å². The lowest BCUT2D eigenvalue weighted by molar-refractivity contribution is 0.215. The predicted octanol–water partition coefficient (Wildman–Crippen LogP) is 4.60. The average Bonchev–Trinajstić information content (AvgIpc) is 3.02. The van der Waals surface area contributed by atoms with Gasteiger partial charge in [0.15, 0.2) is 11.8 Å². The number of nitrogens with zero attached hydrogens (tertiary/aromatic N) is 5. The quantitative estimate of drug-likeness (QED) is 0.345. The molecule has 7 heteroatoms. The van der Waals surface area contributed by atoms with Crippen molar-refractivity contribution >= 4 is 29.9 Å². The SMILES string of the molecule is CCNC(=NCc1nnc2n1CCCCC2)N1CCC(c2ccccc2)C(CC)C1.I. The molecule has 1 aromatic heterocycles. The summed E-state index contributed by atoms with van der Waals surface area (Å²) in [5.74, 6) is 4.45. The molecule has 2 aliphatic rings. The van der Waals surface area contributed by atoms with Gasteiger partial charge in [0.2, 0.25) is 0 Å². The van der Waals surface area contributed by atoms with Crippen molar-refractivity contribution in [1.82, 2.24) is 25.0 Å². The number of aromatic nitrogens is 3. The fraction of sp³-hybridized carbons (Fsp3) is 0.625. The Bertz CT molecular complexity index is 834. The lowest BCUT2D eigenvalue weighted by Gasteiger charge is -2.40. The van der Waals surface area contributed by atoms with Crippen molar-refractivity contribution in [3.8, 4) is 0 Å². The molecule has 0 saturated carbocycles. The van der Waals surface area contributed by atoms with Gasteiger partial charge in [0.05, 0.1) is 0 Å². The third-order valence-electron chi connectivity index (χ3n) is 6.68. The van der Waals surface area contributed by atoms with E-state index in [0.717, 1.165) is 50.2 Å². The zero-order chi connectivity index (χ0) is 20.8. The maximum absolute atomic E-state index is 4.99. The van der Waals surface area contributed by atoms with Crippen LogP contribution in [0.15, 0.2) is 35.3 Å². The van der Waals surface area contributed by atoms with Gasteiger partial charge in [0.25, 0.3) is 0 Å². The summed E-state index contributed by atoms with van der Waals surface area (Å²) in [6.45, 7) is 9.08. The van der Waals surface area contributed by atoms with E-state index in [1.165, 1.54) is 37.7 Å². The molecule has 31 heavy (non-hydrogen) atoms. The standard InChI is InChI=1S/C24H36N6.HI/c1-3-19-18-29(16-14-21(19)20-11-7-5-8-12-20)24(25-4-2)26-17-23-28-27-22-13-9-6-10-15-30(22)23;/h5,7-8,11-12,19,21H,3-4,6,9-10,13-18H2,1-2H3,(H,25,26);1H. The Labute approximate surface area is 203 Å². The summed E-state index contributed by atoms with van der Waals surface area (Å²) < 4.78 is 2.30. The molecule has 3 heterocycles. The van der Waals surface area contributed by atoms with Crippen LogP contribution in [-0.2, 0) is 19.5 Å². The molecule has 0 amide bonds. The molecule has 1 aromatic carbocycles. The second-order valence-corrected chi connectivity index (χ2v) is 8.59. The molecule has 2 atom stereocenters. The highest BCUT2D eigenvalue weighted by atomic mass is 127. The average molecular weight is 537 g/mol. The molecule has 0 aliphatic carbocycles. The number of benzene rings is 1. The minimum Gasteiger partial charge on any atom is -0.357 e. The number of aliphatic imine (C=N–C) groups is 1. The van der Waals surface area contributed by atoms with E-state index in [9.17, 15) is 0 Å². The zero-order valence-electron chi connectivity index (χ0n) is 19.0. The van der Waals surface area contributed by atoms with Gasteiger partial charge in [0, 0.05) is 32.6 Å². The number of halogens is 1. The van der Waals surface area contributed by atoms with Crippen LogP contribution in [0.4, 0.5) is 0 Å². The van der Waals surface area contributed by atoms with Crippen molar-refractivity contribution in [2.24, 2.45) is 10.9 Å². The monoisotopic (exact) mass is 536 g/mol. The van der Waals surface area contributed by atoms with E-state index >= 15 is 0 Å². The van der Waals surface area contributed by atoms with Gasteiger partial charge < -0.3 is 14.8 Å². The van der Waals surface area contributed by atoms with Crippen LogP contribution in [0.1, 0.15) is 69.1 Å². The van der Waals surface area contributed by atoms with Gasteiger partial charge in [-0.25, -0.2) is 4.99 Å². The van der Waals surface area contributed by atoms with Crippen LogP contribution in [0, 0.1) is 5.92 Å². The van der Waals surface area contributed by atoms with Gasteiger partial charge in [-0.15, -0.1) is 34.2 Å². The van der Waals surface area contributed by atoms with Crippen LogP contribution in [0.5, 0.6) is 0 Å². The van der Waals surface area contributed by atoms with E-state index in [2.05, 4.69) is 69.2 Å². The maximum Gasteiger partial charge on any atom is 0.194 e. The Kier molecular flexibility index (Phi) is 9.16. The molecule has 0 spiro atoms. The van der Waals surface area contributed by atoms with Crippen LogP contribution in [0.2, 0.25) is 0 Å². The van der Waals surface area contributed by atoms with Crippen LogP contribution in [-0.4, -0.2) is 45.3 Å². The van der Waals surface area contributed by atoms with Crippen LogP contribution in [0.25, 0.3) is 0 Å². The number of hydrogen-bond donors (Lipinski definition) is 1. The molecule has 1 fully saturated rings.